The Kier molecular flexibility index (Phi) is 4.12. The van der Waals surface area contributed by atoms with Crippen molar-refractivity contribution < 1.29 is 0 Å². The number of nitrogens with one attached hydrogen (secondary N) is 1. The first-order valence-electron chi connectivity index (χ1n) is 8.70. The van der Waals surface area contributed by atoms with Gasteiger partial charge in [0.25, 0.3) is 0 Å². The fourth-order valence-corrected chi connectivity index (χ4v) is 3.51. The van der Waals surface area contributed by atoms with Crippen molar-refractivity contribution in [1.29, 1.82) is 0 Å². The Morgan fingerprint density at radius 3 is 2.60 bits per heavy atom. The van der Waals surface area contributed by atoms with E-state index >= 15 is 0 Å². The van der Waals surface area contributed by atoms with Crippen LogP contribution in [-0.4, -0.2) is 21.3 Å². The summed E-state index contributed by atoms with van der Waals surface area (Å²) < 4.78 is 2.28. The third-order valence-corrected chi connectivity index (χ3v) is 4.81. The van der Waals surface area contributed by atoms with E-state index < -0.39 is 0 Å². The molecule has 0 aliphatic heterocycles. The second-order valence-corrected chi connectivity index (χ2v) is 6.25. The summed E-state index contributed by atoms with van der Waals surface area (Å²) in [6.07, 6.45) is 2.23. The maximum atomic E-state index is 6.17. The molecule has 2 aromatic heterocycles. The minimum Gasteiger partial charge on any atom is -0.347 e. The lowest BCUT2D eigenvalue weighted by Gasteiger charge is -2.12. The molecule has 2 heterocycles. The van der Waals surface area contributed by atoms with Gasteiger partial charge in [-0.2, -0.15) is 5.10 Å². The Morgan fingerprint density at radius 2 is 1.84 bits per heavy atom. The quantitative estimate of drug-likeness (QED) is 0.578. The zero-order valence-electron chi connectivity index (χ0n) is 14.3. The molecule has 0 saturated heterocycles. The maximum Gasteiger partial charge on any atom is 0.0923 e. The summed E-state index contributed by atoms with van der Waals surface area (Å²) in [7, 11) is 0. The first kappa shape index (κ1) is 15.7. The lowest BCUT2D eigenvalue weighted by molar-refractivity contribution is 0.757. The first-order chi connectivity index (χ1) is 12.3. The number of aromatic amines is 1. The zero-order chi connectivity index (χ0) is 17.2. The van der Waals surface area contributed by atoms with Crippen LogP contribution in [0.2, 0.25) is 0 Å². The molecule has 2 aromatic carbocycles. The van der Waals surface area contributed by atoms with Crippen LogP contribution in [0.3, 0.4) is 0 Å². The highest BCUT2D eigenvalue weighted by Gasteiger charge is 2.20. The lowest BCUT2D eigenvalue weighted by Crippen LogP contribution is -2.14. The second-order valence-electron chi connectivity index (χ2n) is 6.25. The number of nitrogens with zero attached hydrogens (tertiary/aromatic N) is 2. The van der Waals surface area contributed by atoms with E-state index in [1.165, 1.54) is 16.5 Å². The third-order valence-electron chi connectivity index (χ3n) is 4.81. The molecule has 0 aliphatic rings. The van der Waals surface area contributed by atoms with Gasteiger partial charge in [0.2, 0.25) is 0 Å². The van der Waals surface area contributed by atoms with Gasteiger partial charge in [-0.3, -0.25) is 5.10 Å². The highest BCUT2D eigenvalue weighted by molar-refractivity contribution is 5.85. The lowest BCUT2D eigenvalue weighted by atomic mass is 9.95. The van der Waals surface area contributed by atoms with Gasteiger partial charge < -0.3 is 10.3 Å². The number of benzene rings is 2. The van der Waals surface area contributed by atoms with Crippen molar-refractivity contribution in [2.75, 3.05) is 6.54 Å². The smallest absolute Gasteiger partial charge is 0.0923 e. The van der Waals surface area contributed by atoms with E-state index in [4.69, 9.17) is 5.73 Å². The molecule has 3 N–H and O–H groups in total. The van der Waals surface area contributed by atoms with E-state index in [9.17, 15) is 0 Å². The van der Waals surface area contributed by atoms with Crippen LogP contribution >= 0.6 is 0 Å². The van der Waals surface area contributed by atoms with Crippen molar-refractivity contribution in [2.24, 2.45) is 5.73 Å². The predicted molar refractivity (Wildman–Crippen MR) is 103 cm³/mol. The summed E-state index contributed by atoms with van der Waals surface area (Å²) in [6, 6.07) is 20.8. The van der Waals surface area contributed by atoms with Gasteiger partial charge in [0.15, 0.2) is 0 Å². The van der Waals surface area contributed by atoms with Gasteiger partial charge in [0.1, 0.15) is 0 Å². The van der Waals surface area contributed by atoms with E-state index in [0.29, 0.717) is 6.54 Å². The number of para-hydroxylation sites is 1. The predicted octanol–water partition coefficient (Wildman–Crippen LogP) is 4.14. The first-order valence-corrected chi connectivity index (χ1v) is 8.70. The van der Waals surface area contributed by atoms with Crippen molar-refractivity contribution in [3.05, 3.63) is 78.1 Å². The molecule has 126 valence electrons. The normalized spacial score (nSPS) is 12.6. The van der Waals surface area contributed by atoms with Crippen LogP contribution in [0.5, 0.6) is 0 Å². The molecule has 0 spiro atoms. The largest absolute Gasteiger partial charge is 0.347 e. The van der Waals surface area contributed by atoms with E-state index in [2.05, 4.69) is 70.3 Å². The van der Waals surface area contributed by atoms with Gasteiger partial charge in [0, 0.05) is 47.4 Å². The maximum absolute atomic E-state index is 6.17. The summed E-state index contributed by atoms with van der Waals surface area (Å²) >= 11 is 0. The molecule has 4 aromatic rings. The summed E-state index contributed by atoms with van der Waals surface area (Å²) in [5.41, 5.74) is 11.8. The number of nitrogens with two attached hydrogens (primary N) is 1. The average molecular weight is 330 g/mol. The average Bonchev–Trinajstić information content (AvgIpc) is 3.29. The van der Waals surface area contributed by atoms with Gasteiger partial charge in [0.05, 0.1) is 5.69 Å². The third kappa shape index (κ3) is 2.75. The van der Waals surface area contributed by atoms with E-state index in [0.717, 1.165) is 23.5 Å². The van der Waals surface area contributed by atoms with Crippen molar-refractivity contribution in [1.82, 2.24) is 14.8 Å². The SMILES string of the molecule is CCn1cc(C(CN)c2cc(-c3ccccc3)n[nH]2)c2ccccc21. The van der Waals surface area contributed by atoms with Gasteiger partial charge in [-0.1, -0.05) is 48.5 Å². The number of aromatic nitrogens is 3. The monoisotopic (exact) mass is 330 g/mol. The van der Waals surface area contributed by atoms with Crippen LogP contribution in [-0.2, 0) is 6.54 Å². The fraction of sp³-hybridized carbons (Fsp3) is 0.190. The Hall–Kier alpha value is -2.85. The summed E-state index contributed by atoms with van der Waals surface area (Å²) in [5, 5.41) is 8.97. The number of hydrogen-bond acceptors (Lipinski definition) is 2. The van der Waals surface area contributed by atoms with Gasteiger partial charge >= 0.3 is 0 Å². The molecule has 0 amide bonds. The second kappa shape index (κ2) is 6.57. The van der Waals surface area contributed by atoms with Crippen molar-refractivity contribution in [3.8, 4) is 11.3 Å². The van der Waals surface area contributed by atoms with Gasteiger partial charge in [-0.15, -0.1) is 0 Å². The number of H-pyrrole nitrogens is 1. The van der Waals surface area contributed by atoms with E-state index in [-0.39, 0.29) is 5.92 Å². The topological polar surface area (TPSA) is 59.6 Å². The molecule has 1 atom stereocenters. The van der Waals surface area contributed by atoms with Gasteiger partial charge in [-0.25, -0.2) is 0 Å². The minimum absolute atomic E-state index is 0.0997. The molecule has 25 heavy (non-hydrogen) atoms. The molecule has 0 fully saturated rings. The van der Waals surface area contributed by atoms with Crippen LogP contribution in [0.4, 0.5) is 0 Å². The number of hydrogen-bond donors (Lipinski definition) is 2. The minimum atomic E-state index is 0.0997. The fourth-order valence-electron chi connectivity index (χ4n) is 3.51. The molecule has 0 radical (unpaired) electrons. The molecule has 0 aliphatic carbocycles. The van der Waals surface area contributed by atoms with Crippen molar-refractivity contribution >= 4 is 10.9 Å². The van der Waals surface area contributed by atoms with Crippen molar-refractivity contribution in [2.45, 2.75) is 19.4 Å². The molecule has 0 saturated carbocycles. The molecule has 1 unspecified atom stereocenters. The standard InChI is InChI=1S/C21H22N4/c1-2-25-14-18(16-10-6-7-11-21(16)25)17(13-22)20-12-19(23-24-20)15-8-4-3-5-9-15/h3-12,14,17H,2,13,22H2,1H3,(H,23,24). The molecular formula is C21H22N4. The molecule has 4 heteroatoms. The summed E-state index contributed by atoms with van der Waals surface area (Å²) in [4.78, 5) is 0. The summed E-state index contributed by atoms with van der Waals surface area (Å²) in [6.45, 7) is 3.64. The van der Waals surface area contributed by atoms with Crippen LogP contribution in [0.1, 0.15) is 24.1 Å². The Bertz CT molecular complexity index is 981. The molecule has 4 nitrogen and oxygen atoms in total. The van der Waals surface area contributed by atoms with Crippen LogP contribution in [0, 0.1) is 0 Å². The Balaban J connectivity index is 1.78. The summed E-state index contributed by atoms with van der Waals surface area (Å²) in [5.74, 6) is 0.0997. The highest BCUT2D eigenvalue weighted by Crippen LogP contribution is 2.32. The number of rotatable bonds is 5. The number of fused-ring (bicyclic) bond motifs is 1. The van der Waals surface area contributed by atoms with Crippen LogP contribution in [0.15, 0.2) is 66.9 Å². The number of aryl methyl sites for hydroxylation is 1. The van der Waals surface area contributed by atoms with Gasteiger partial charge in [-0.05, 0) is 24.6 Å². The Morgan fingerprint density at radius 1 is 1.08 bits per heavy atom. The van der Waals surface area contributed by atoms with Crippen molar-refractivity contribution in [3.63, 3.8) is 0 Å². The molecule has 4 rings (SSSR count). The molecular weight excluding hydrogens is 308 g/mol. The van der Waals surface area contributed by atoms with Crippen LogP contribution < -0.4 is 5.73 Å². The highest BCUT2D eigenvalue weighted by atomic mass is 15.1. The zero-order valence-corrected chi connectivity index (χ0v) is 14.3. The molecule has 0 bridgehead atoms. The van der Waals surface area contributed by atoms with E-state index in [1.54, 1.807) is 0 Å². The van der Waals surface area contributed by atoms with Crippen LogP contribution in [0.25, 0.3) is 22.2 Å². The Labute approximate surface area is 147 Å². The van der Waals surface area contributed by atoms with E-state index in [1.807, 2.05) is 18.2 Å².